The number of benzene rings is 2. The molecule has 0 aromatic heterocycles. The highest BCUT2D eigenvalue weighted by Crippen LogP contribution is 2.40. The number of rotatable bonds is 1. The molecule has 0 unspecified atom stereocenters. The lowest BCUT2D eigenvalue weighted by Gasteiger charge is -2.13. The molecule has 0 amide bonds. The summed E-state index contributed by atoms with van der Waals surface area (Å²) in [5.41, 5.74) is 2.81. The van der Waals surface area contributed by atoms with Crippen LogP contribution in [0.1, 0.15) is 29.2 Å². The fourth-order valence-corrected chi connectivity index (χ4v) is 2.75. The van der Waals surface area contributed by atoms with E-state index >= 15 is 0 Å². The highest BCUT2D eigenvalue weighted by atomic mass is 19.1. The molecule has 1 N–H and O–H groups in total. The Morgan fingerprint density at radius 3 is 2.78 bits per heavy atom. The average molecular weight is 313 g/mol. The predicted octanol–water partition coefficient (Wildman–Crippen LogP) is 3.69. The SMILES string of the molecule is C/C(C#N)=C1\c2ccc(CO)cc2COc2cc(F)cc(F)c21. The molecule has 0 atom stereocenters. The van der Waals surface area contributed by atoms with Gasteiger partial charge in [0.15, 0.2) is 0 Å². The third kappa shape index (κ3) is 2.58. The van der Waals surface area contributed by atoms with Crippen molar-refractivity contribution in [3.05, 3.63) is 69.8 Å². The zero-order chi connectivity index (χ0) is 16.6. The Hall–Kier alpha value is -2.71. The van der Waals surface area contributed by atoms with E-state index < -0.39 is 11.6 Å². The summed E-state index contributed by atoms with van der Waals surface area (Å²) in [6.07, 6.45) is 0. The van der Waals surface area contributed by atoms with Crippen LogP contribution in [-0.4, -0.2) is 5.11 Å². The monoisotopic (exact) mass is 313 g/mol. The molecular formula is C18H13F2NO2. The third-order valence-corrected chi connectivity index (χ3v) is 3.82. The van der Waals surface area contributed by atoms with Gasteiger partial charge >= 0.3 is 0 Å². The average Bonchev–Trinajstić information content (AvgIpc) is 2.70. The highest BCUT2D eigenvalue weighted by molar-refractivity contribution is 5.88. The van der Waals surface area contributed by atoms with E-state index in [0.717, 1.165) is 12.1 Å². The van der Waals surface area contributed by atoms with Crippen LogP contribution >= 0.6 is 0 Å². The van der Waals surface area contributed by atoms with Crippen LogP contribution in [0.3, 0.4) is 0 Å². The maximum atomic E-state index is 14.4. The van der Waals surface area contributed by atoms with E-state index in [0.29, 0.717) is 27.8 Å². The van der Waals surface area contributed by atoms with E-state index in [1.54, 1.807) is 25.1 Å². The molecule has 0 fully saturated rings. The van der Waals surface area contributed by atoms with Gasteiger partial charge in [-0.15, -0.1) is 0 Å². The van der Waals surface area contributed by atoms with Crippen molar-refractivity contribution in [2.75, 3.05) is 0 Å². The van der Waals surface area contributed by atoms with Crippen LogP contribution in [-0.2, 0) is 13.2 Å². The van der Waals surface area contributed by atoms with E-state index in [1.165, 1.54) is 0 Å². The van der Waals surface area contributed by atoms with Gasteiger partial charge in [-0.05, 0) is 29.7 Å². The first-order valence-corrected chi connectivity index (χ1v) is 7.01. The fourth-order valence-electron chi connectivity index (χ4n) is 2.75. The standard InChI is InChI=1S/C18H13F2NO2/c1-10(7-21)17-14-3-2-11(8-22)4-12(14)9-23-16-6-13(19)5-15(20)18(16)17/h2-6,22H,8-9H2,1H3/b17-10-. The lowest BCUT2D eigenvalue weighted by Crippen LogP contribution is -1.98. The van der Waals surface area contributed by atoms with Crippen LogP contribution in [0, 0.1) is 23.0 Å². The third-order valence-electron chi connectivity index (χ3n) is 3.82. The molecule has 0 spiro atoms. The second-order valence-corrected chi connectivity index (χ2v) is 5.31. The van der Waals surface area contributed by atoms with Gasteiger partial charge in [0.1, 0.15) is 24.0 Å². The molecule has 5 heteroatoms. The Labute approximate surface area is 132 Å². The Morgan fingerprint density at radius 2 is 2.09 bits per heavy atom. The molecule has 1 aliphatic heterocycles. The Kier molecular flexibility index (Phi) is 3.85. The molecule has 3 nitrogen and oxygen atoms in total. The molecule has 0 bridgehead atoms. The summed E-state index contributed by atoms with van der Waals surface area (Å²) in [7, 11) is 0. The van der Waals surface area contributed by atoms with Gasteiger partial charge in [0.2, 0.25) is 0 Å². The van der Waals surface area contributed by atoms with E-state index in [9.17, 15) is 19.1 Å². The minimum atomic E-state index is -0.774. The molecule has 0 saturated heterocycles. The Morgan fingerprint density at radius 1 is 1.30 bits per heavy atom. The molecule has 0 radical (unpaired) electrons. The molecule has 2 aromatic rings. The summed E-state index contributed by atoms with van der Waals surface area (Å²) >= 11 is 0. The number of hydrogen-bond acceptors (Lipinski definition) is 3. The topological polar surface area (TPSA) is 53.2 Å². The molecule has 0 aliphatic carbocycles. The zero-order valence-electron chi connectivity index (χ0n) is 12.4. The van der Waals surface area contributed by atoms with Crippen molar-refractivity contribution in [1.29, 1.82) is 5.26 Å². The van der Waals surface area contributed by atoms with Crippen molar-refractivity contribution in [1.82, 2.24) is 0 Å². The van der Waals surface area contributed by atoms with Crippen LogP contribution in [0.25, 0.3) is 5.57 Å². The van der Waals surface area contributed by atoms with Crippen molar-refractivity contribution in [3.8, 4) is 11.8 Å². The number of hydrogen-bond donors (Lipinski definition) is 1. The Bertz CT molecular complexity index is 866. The number of aliphatic hydroxyl groups is 1. The number of fused-ring (bicyclic) bond motifs is 2. The summed E-state index contributed by atoms with van der Waals surface area (Å²) < 4.78 is 33.5. The smallest absolute Gasteiger partial charge is 0.137 e. The first kappa shape index (κ1) is 15.2. The quantitative estimate of drug-likeness (QED) is 0.817. The summed E-state index contributed by atoms with van der Waals surface area (Å²) in [6.45, 7) is 1.54. The second-order valence-electron chi connectivity index (χ2n) is 5.31. The molecule has 3 rings (SSSR count). The minimum absolute atomic E-state index is 0.0637. The molecule has 0 saturated carbocycles. The van der Waals surface area contributed by atoms with Crippen molar-refractivity contribution in [2.24, 2.45) is 0 Å². The van der Waals surface area contributed by atoms with Crippen molar-refractivity contribution in [2.45, 2.75) is 20.1 Å². The molecule has 23 heavy (non-hydrogen) atoms. The Balaban J connectivity index is 2.35. The number of allylic oxidation sites excluding steroid dienone is 1. The lowest BCUT2D eigenvalue weighted by molar-refractivity contribution is 0.280. The number of nitriles is 1. The first-order valence-electron chi connectivity index (χ1n) is 7.01. The molecule has 2 aromatic carbocycles. The molecular weight excluding hydrogens is 300 g/mol. The summed E-state index contributed by atoms with van der Waals surface area (Å²) in [5, 5.41) is 18.6. The number of ether oxygens (including phenoxy) is 1. The van der Waals surface area contributed by atoms with Crippen LogP contribution in [0.2, 0.25) is 0 Å². The lowest BCUT2D eigenvalue weighted by atomic mass is 9.90. The van der Waals surface area contributed by atoms with Gasteiger partial charge in [0.05, 0.1) is 18.2 Å². The van der Waals surface area contributed by atoms with Gasteiger partial charge < -0.3 is 9.84 Å². The zero-order valence-corrected chi connectivity index (χ0v) is 12.4. The van der Waals surface area contributed by atoms with Crippen LogP contribution in [0.15, 0.2) is 35.9 Å². The molecule has 1 heterocycles. The largest absolute Gasteiger partial charge is 0.488 e. The van der Waals surface area contributed by atoms with Gasteiger partial charge in [-0.1, -0.05) is 12.1 Å². The van der Waals surface area contributed by atoms with Gasteiger partial charge in [-0.25, -0.2) is 8.78 Å². The highest BCUT2D eigenvalue weighted by Gasteiger charge is 2.25. The maximum absolute atomic E-state index is 14.4. The number of nitrogens with zero attached hydrogens (tertiary/aromatic N) is 1. The predicted molar refractivity (Wildman–Crippen MR) is 80.4 cm³/mol. The normalized spacial score (nSPS) is 14.9. The van der Waals surface area contributed by atoms with E-state index in [2.05, 4.69) is 0 Å². The summed E-state index contributed by atoms with van der Waals surface area (Å²) in [6, 6.07) is 9.08. The van der Waals surface area contributed by atoms with Gasteiger partial charge in [0.25, 0.3) is 0 Å². The fraction of sp³-hybridized carbons (Fsp3) is 0.167. The summed E-state index contributed by atoms with van der Waals surface area (Å²) in [5.74, 6) is -1.45. The van der Waals surface area contributed by atoms with E-state index in [4.69, 9.17) is 4.74 Å². The van der Waals surface area contributed by atoms with Gasteiger partial charge in [-0.3, -0.25) is 0 Å². The van der Waals surface area contributed by atoms with Gasteiger partial charge in [-0.2, -0.15) is 5.26 Å². The molecule has 1 aliphatic rings. The molecule has 116 valence electrons. The summed E-state index contributed by atoms with van der Waals surface area (Å²) in [4.78, 5) is 0. The second kappa shape index (κ2) is 5.82. The number of aliphatic hydroxyl groups excluding tert-OH is 1. The van der Waals surface area contributed by atoms with Gasteiger partial charge in [0, 0.05) is 23.3 Å². The maximum Gasteiger partial charge on any atom is 0.137 e. The van der Waals surface area contributed by atoms with Crippen molar-refractivity contribution < 1.29 is 18.6 Å². The van der Waals surface area contributed by atoms with Crippen LogP contribution < -0.4 is 4.74 Å². The van der Waals surface area contributed by atoms with E-state index in [1.807, 2.05) is 6.07 Å². The van der Waals surface area contributed by atoms with Crippen LogP contribution in [0.4, 0.5) is 8.78 Å². The van der Waals surface area contributed by atoms with Crippen LogP contribution in [0.5, 0.6) is 5.75 Å². The first-order chi connectivity index (χ1) is 11.0. The number of halogens is 2. The van der Waals surface area contributed by atoms with E-state index in [-0.39, 0.29) is 24.5 Å². The minimum Gasteiger partial charge on any atom is -0.488 e. The van der Waals surface area contributed by atoms with Crippen molar-refractivity contribution in [3.63, 3.8) is 0 Å². The van der Waals surface area contributed by atoms with Crippen molar-refractivity contribution >= 4 is 5.57 Å².